The van der Waals surface area contributed by atoms with Crippen LogP contribution in [0.3, 0.4) is 0 Å². The number of imidazole rings is 1. The fourth-order valence-corrected chi connectivity index (χ4v) is 2.99. The van der Waals surface area contributed by atoms with Crippen LogP contribution in [-0.4, -0.2) is 32.2 Å². The Hall–Kier alpha value is -3.39. The van der Waals surface area contributed by atoms with Crippen molar-refractivity contribution in [2.45, 2.75) is 0 Å². The summed E-state index contributed by atoms with van der Waals surface area (Å²) in [5, 5.41) is 0.117. The minimum absolute atomic E-state index is 0.0679. The van der Waals surface area contributed by atoms with Crippen LogP contribution in [0.5, 0.6) is 5.75 Å². The van der Waals surface area contributed by atoms with Gasteiger partial charge in [-0.1, -0.05) is 11.6 Å². The minimum atomic E-state index is -0.808. The van der Waals surface area contributed by atoms with E-state index in [0.29, 0.717) is 5.56 Å². The first-order valence-corrected chi connectivity index (χ1v) is 8.39. The molecule has 0 aliphatic heterocycles. The number of hydrogen-bond donors (Lipinski definition) is 0. The van der Waals surface area contributed by atoms with Gasteiger partial charge in [-0.3, -0.25) is 14.2 Å². The van der Waals surface area contributed by atoms with Crippen LogP contribution >= 0.6 is 11.6 Å². The lowest BCUT2D eigenvalue weighted by molar-refractivity contribution is 0.102. The number of halogens is 3. The molecule has 0 aliphatic carbocycles. The van der Waals surface area contributed by atoms with Gasteiger partial charge in [-0.2, -0.15) is 0 Å². The van der Waals surface area contributed by atoms with E-state index in [2.05, 4.69) is 15.0 Å². The predicted molar refractivity (Wildman–Crippen MR) is 97.6 cm³/mol. The maximum atomic E-state index is 14.4. The van der Waals surface area contributed by atoms with Crippen LogP contribution in [0, 0.1) is 11.6 Å². The molecule has 0 aliphatic rings. The highest BCUT2D eigenvalue weighted by Crippen LogP contribution is 2.26. The van der Waals surface area contributed by atoms with Crippen LogP contribution in [0.2, 0.25) is 5.15 Å². The lowest BCUT2D eigenvalue weighted by atomic mass is 10.0. The molecular weight excluding hydrogens is 390 g/mol. The number of fused-ring (bicyclic) bond motifs is 1. The Labute approximate surface area is 162 Å². The summed E-state index contributed by atoms with van der Waals surface area (Å²) in [6.45, 7) is 0. The molecule has 0 bridgehead atoms. The highest BCUT2D eigenvalue weighted by Gasteiger charge is 2.21. The number of carbonyl (C=O) groups is 1. The largest absolute Gasteiger partial charge is 0.494 e. The number of hydrogen-bond acceptors (Lipinski definition) is 5. The van der Waals surface area contributed by atoms with Gasteiger partial charge in [0.25, 0.3) is 0 Å². The predicted octanol–water partition coefficient (Wildman–Crippen LogP) is 3.96. The van der Waals surface area contributed by atoms with E-state index in [0.717, 1.165) is 6.20 Å². The monoisotopic (exact) mass is 400 g/mol. The van der Waals surface area contributed by atoms with E-state index in [9.17, 15) is 13.6 Å². The fourth-order valence-electron chi connectivity index (χ4n) is 2.79. The standard InChI is InChI=1S/C19H11ClF2N4O2/c1-28-16-3-2-10(6-12(16)21)14-7-11(13(22)8-24-14)17(27)15-9-25-19-18(20)23-4-5-26(15)19/h2-9H,1H3. The molecule has 4 aromatic rings. The second kappa shape index (κ2) is 6.97. The average Bonchev–Trinajstić information content (AvgIpc) is 3.13. The molecule has 0 unspecified atom stereocenters. The van der Waals surface area contributed by atoms with Gasteiger partial charge in [-0.15, -0.1) is 0 Å². The smallest absolute Gasteiger partial charge is 0.214 e. The molecule has 0 atom stereocenters. The number of benzene rings is 1. The van der Waals surface area contributed by atoms with E-state index < -0.39 is 17.4 Å². The average molecular weight is 401 g/mol. The molecular formula is C19H11ClF2N4O2. The van der Waals surface area contributed by atoms with Gasteiger partial charge in [-0.05, 0) is 24.3 Å². The number of ether oxygens (including phenoxy) is 1. The summed E-state index contributed by atoms with van der Waals surface area (Å²) < 4.78 is 34.6. The van der Waals surface area contributed by atoms with Gasteiger partial charge in [0.05, 0.1) is 30.8 Å². The third kappa shape index (κ3) is 2.97. The topological polar surface area (TPSA) is 69.4 Å². The van der Waals surface area contributed by atoms with Gasteiger partial charge < -0.3 is 4.74 Å². The third-order valence-corrected chi connectivity index (χ3v) is 4.43. The first-order chi connectivity index (χ1) is 13.5. The highest BCUT2D eigenvalue weighted by molar-refractivity contribution is 6.32. The molecule has 140 valence electrons. The molecule has 0 spiro atoms. The number of carbonyl (C=O) groups excluding carboxylic acids is 1. The van der Waals surface area contributed by atoms with Crippen molar-refractivity contribution in [1.29, 1.82) is 0 Å². The molecule has 1 aromatic carbocycles. The summed E-state index contributed by atoms with van der Waals surface area (Å²) in [5.74, 6) is -1.95. The van der Waals surface area contributed by atoms with Gasteiger partial charge in [0.15, 0.2) is 28.2 Å². The quantitative estimate of drug-likeness (QED) is 0.485. The zero-order chi connectivity index (χ0) is 19.8. The molecule has 0 radical (unpaired) electrons. The Bertz CT molecular complexity index is 1230. The molecule has 6 nitrogen and oxygen atoms in total. The number of rotatable bonds is 4. The number of ketones is 1. The van der Waals surface area contributed by atoms with Gasteiger partial charge >= 0.3 is 0 Å². The summed E-state index contributed by atoms with van der Waals surface area (Å²) in [7, 11) is 1.35. The van der Waals surface area contributed by atoms with Crippen LogP contribution in [0.25, 0.3) is 16.9 Å². The van der Waals surface area contributed by atoms with Crippen molar-refractivity contribution in [2.75, 3.05) is 7.11 Å². The van der Waals surface area contributed by atoms with Crippen molar-refractivity contribution in [3.63, 3.8) is 0 Å². The van der Waals surface area contributed by atoms with Crippen LogP contribution in [-0.2, 0) is 0 Å². The third-order valence-electron chi connectivity index (χ3n) is 4.17. The van der Waals surface area contributed by atoms with Crippen molar-refractivity contribution >= 4 is 23.0 Å². The lowest BCUT2D eigenvalue weighted by Crippen LogP contribution is -2.08. The number of aromatic nitrogens is 4. The first kappa shape index (κ1) is 18.0. The van der Waals surface area contributed by atoms with Gasteiger partial charge in [0, 0.05) is 18.0 Å². The SMILES string of the molecule is COc1ccc(-c2cc(C(=O)c3cnc4c(Cl)nccn34)c(F)cn2)cc1F. The van der Waals surface area contributed by atoms with Crippen LogP contribution in [0.1, 0.15) is 16.1 Å². The van der Waals surface area contributed by atoms with Crippen LogP contribution in [0.15, 0.2) is 49.1 Å². The second-order valence-electron chi connectivity index (χ2n) is 5.78. The Morgan fingerprint density at radius 1 is 1.11 bits per heavy atom. The Balaban J connectivity index is 1.79. The maximum absolute atomic E-state index is 14.4. The van der Waals surface area contributed by atoms with Crippen LogP contribution in [0.4, 0.5) is 8.78 Å². The van der Waals surface area contributed by atoms with Crippen molar-refractivity contribution in [2.24, 2.45) is 0 Å². The molecule has 3 heterocycles. The summed E-state index contributed by atoms with van der Waals surface area (Å²) in [5.41, 5.74) is 0.768. The van der Waals surface area contributed by atoms with Gasteiger partial charge in [0.2, 0.25) is 5.78 Å². The Kier molecular flexibility index (Phi) is 4.48. The van der Waals surface area contributed by atoms with E-state index in [1.807, 2.05) is 0 Å². The molecule has 0 amide bonds. The highest BCUT2D eigenvalue weighted by atomic mass is 35.5. The summed E-state index contributed by atoms with van der Waals surface area (Å²) in [4.78, 5) is 24.8. The van der Waals surface area contributed by atoms with Gasteiger partial charge in [-0.25, -0.2) is 18.7 Å². The van der Waals surface area contributed by atoms with Gasteiger partial charge in [0.1, 0.15) is 5.69 Å². The summed E-state index contributed by atoms with van der Waals surface area (Å²) >= 11 is 5.96. The molecule has 28 heavy (non-hydrogen) atoms. The maximum Gasteiger partial charge on any atom is 0.214 e. The molecule has 4 rings (SSSR count). The van der Waals surface area contributed by atoms with Crippen LogP contribution < -0.4 is 4.74 Å². The van der Waals surface area contributed by atoms with E-state index in [4.69, 9.17) is 16.3 Å². The lowest BCUT2D eigenvalue weighted by Gasteiger charge is -2.08. The summed E-state index contributed by atoms with van der Waals surface area (Å²) in [6, 6.07) is 5.46. The zero-order valence-corrected chi connectivity index (χ0v) is 15.1. The number of methoxy groups -OCH3 is 1. The first-order valence-electron chi connectivity index (χ1n) is 8.01. The Morgan fingerprint density at radius 3 is 2.68 bits per heavy atom. The van der Waals surface area contributed by atoms with Crippen molar-refractivity contribution < 1.29 is 18.3 Å². The van der Waals surface area contributed by atoms with Crippen molar-refractivity contribution in [3.05, 3.63) is 77.1 Å². The zero-order valence-electron chi connectivity index (χ0n) is 14.4. The van der Waals surface area contributed by atoms with Crippen molar-refractivity contribution in [1.82, 2.24) is 19.4 Å². The number of pyridine rings is 1. The van der Waals surface area contributed by atoms with E-state index in [1.165, 1.54) is 48.3 Å². The van der Waals surface area contributed by atoms with E-state index >= 15 is 0 Å². The van der Waals surface area contributed by atoms with E-state index in [1.54, 1.807) is 6.07 Å². The second-order valence-corrected chi connectivity index (χ2v) is 6.14. The number of nitrogens with zero attached hydrogens (tertiary/aromatic N) is 4. The normalized spacial score (nSPS) is 11.0. The molecule has 9 heteroatoms. The summed E-state index contributed by atoms with van der Waals surface area (Å²) in [6.07, 6.45) is 5.11. The molecule has 0 saturated heterocycles. The van der Waals surface area contributed by atoms with E-state index in [-0.39, 0.29) is 33.5 Å². The fraction of sp³-hybridized carbons (Fsp3) is 0.0526. The Morgan fingerprint density at radius 2 is 1.93 bits per heavy atom. The molecule has 3 aromatic heterocycles. The molecule has 0 fully saturated rings. The van der Waals surface area contributed by atoms with Crippen molar-refractivity contribution in [3.8, 4) is 17.0 Å². The molecule has 0 N–H and O–H groups in total. The minimum Gasteiger partial charge on any atom is -0.494 e. The molecule has 0 saturated carbocycles.